The van der Waals surface area contributed by atoms with Crippen molar-refractivity contribution in [3.05, 3.63) is 64.0 Å². The van der Waals surface area contributed by atoms with Crippen molar-refractivity contribution in [2.75, 3.05) is 13.1 Å². The van der Waals surface area contributed by atoms with Crippen molar-refractivity contribution in [1.82, 2.24) is 9.88 Å². The predicted octanol–water partition coefficient (Wildman–Crippen LogP) is 2.10. The average molecular weight is 408 g/mol. The maximum Gasteiger partial charge on any atom is 0.269 e. The first kappa shape index (κ1) is 19.0. The van der Waals surface area contributed by atoms with Crippen molar-refractivity contribution in [1.29, 1.82) is 0 Å². The zero-order valence-corrected chi connectivity index (χ0v) is 16.6. The van der Waals surface area contributed by atoms with E-state index in [2.05, 4.69) is 16.0 Å². The molecule has 2 N–H and O–H groups in total. The van der Waals surface area contributed by atoms with Crippen molar-refractivity contribution in [2.24, 2.45) is 17.6 Å². The number of non-ortho nitro benzene ring substituents is 1. The Morgan fingerprint density at radius 3 is 2.80 bits per heavy atom. The minimum atomic E-state index is -1.19. The van der Waals surface area contributed by atoms with Crippen LogP contribution in [0.15, 0.2) is 42.7 Å². The van der Waals surface area contributed by atoms with Crippen LogP contribution >= 0.6 is 0 Å². The molecule has 0 aliphatic carbocycles. The Balaban J connectivity index is 1.54. The Kier molecular flexibility index (Phi) is 4.47. The molecule has 3 atom stereocenters. The number of piperidine rings is 3. The lowest BCUT2D eigenvalue weighted by Crippen LogP contribution is -2.67. The van der Waals surface area contributed by atoms with E-state index in [-0.39, 0.29) is 24.1 Å². The van der Waals surface area contributed by atoms with Crippen molar-refractivity contribution in [3.63, 3.8) is 0 Å². The molecule has 0 saturated carbocycles. The van der Waals surface area contributed by atoms with E-state index in [1.807, 2.05) is 12.3 Å². The second-order valence-corrected chi connectivity index (χ2v) is 8.61. The van der Waals surface area contributed by atoms with Crippen LogP contribution < -0.4 is 10.5 Å². The summed E-state index contributed by atoms with van der Waals surface area (Å²) >= 11 is 0. The number of aromatic nitrogens is 1. The molecule has 3 unspecified atom stereocenters. The number of hydrogen-bond acceptors (Lipinski definition) is 6. The average Bonchev–Trinajstić information content (AvgIpc) is 3.15. The van der Waals surface area contributed by atoms with Gasteiger partial charge in [0.05, 0.1) is 4.92 Å². The second-order valence-electron chi connectivity index (χ2n) is 8.61. The maximum absolute atomic E-state index is 12.9. The van der Waals surface area contributed by atoms with Crippen molar-refractivity contribution in [3.8, 4) is 5.75 Å². The molecule has 3 saturated heterocycles. The molecule has 6 rings (SSSR count). The van der Waals surface area contributed by atoms with Crippen molar-refractivity contribution >= 4 is 11.6 Å². The van der Waals surface area contributed by atoms with Gasteiger partial charge in [-0.3, -0.25) is 24.8 Å². The summed E-state index contributed by atoms with van der Waals surface area (Å²) in [5.74, 6) is 0.282. The Morgan fingerprint density at radius 1 is 1.33 bits per heavy atom. The summed E-state index contributed by atoms with van der Waals surface area (Å²) in [7, 11) is 0. The van der Waals surface area contributed by atoms with Gasteiger partial charge in [0.1, 0.15) is 5.75 Å². The molecule has 1 amide bonds. The van der Waals surface area contributed by atoms with Gasteiger partial charge in [-0.15, -0.1) is 0 Å². The number of primary amides is 1. The molecule has 4 aliphatic rings. The molecule has 3 fully saturated rings. The van der Waals surface area contributed by atoms with E-state index in [1.54, 1.807) is 12.3 Å². The van der Waals surface area contributed by atoms with E-state index >= 15 is 0 Å². The van der Waals surface area contributed by atoms with Gasteiger partial charge in [-0.2, -0.15) is 0 Å². The summed E-state index contributed by atoms with van der Waals surface area (Å²) in [4.78, 5) is 30.4. The van der Waals surface area contributed by atoms with Gasteiger partial charge in [-0.1, -0.05) is 6.07 Å². The highest BCUT2D eigenvalue weighted by molar-refractivity contribution is 5.86. The molecule has 0 spiro atoms. The number of nitro benzene ring substituents is 1. The summed E-state index contributed by atoms with van der Waals surface area (Å²) in [6, 6.07) is 8.61. The van der Waals surface area contributed by atoms with Crippen molar-refractivity contribution in [2.45, 2.75) is 37.3 Å². The van der Waals surface area contributed by atoms with Gasteiger partial charge in [0.15, 0.2) is 5.60 Å². The van der Waals surface area contributed by atoms with Crippen molar-refractivity contribution < 1.29 is 14.5 Å². The molecule has 1 aromatic carbocycles. The number of nitrogens with two attached hydrogens (primary N) is 1. The van der Waals surface area contributed by atoms with E-state index in [1.165, 1.54) is 12.1 Å². The molecular formula is C22H24N4O4. The minimum Gasteiger partial charge on any atom is -0.476 e. The van der Waals surface area contributed by atoms with Crippen LogP contribution in [0.25, 0.3) is 0 Å². The number of ether oxygens (including phenoxy) is 1. The number of nitrogens with zero attached hydrogens (tertiary/aromatic N) is 3. The SMILES string of the molecule is NC(=O)C1(C2C3CCN(CC3)C2Cc2cccnc2)Cc2cc([N+](=O)[O-])ccc2O1. The summed E-state index contributed by atoms with van der Waals surface area (Å²) in [6.45, 7) is 2.00. The van der Waals surface area contributed by atoms with Crippen LogP contribution in [-0.2, 0) is 17.6 Å². The topological polar surface area (TPSA) is 112 Å². The first-order valence-corrected chi connectivity index (χ1v) is 10.4. The van der Waals surface area contributed by atoms with Crippen LogP contribution in [0.1, 0.15) is 24.0 Å². The fourth-order valence-electron chi connectivity index (χ4n) is 5.78. The summed E-state index contributed by atoms with van der Waals surface area (Å²) in [5.41, 5.74) is 6.61. The number of nitro groups is 1. The van der Waals surface area contributed by atoms with Gasteiger partial charge in [0, 0.05) is 48.5 Å². The molecule has 5 heterocycles. The molecule has 1 aromatic heterocycles. The lowest BCUT2D eigenvalue weighted by Gasteiger charge is -2.55. The van der Waals surface area contributed by atoms with Crippen LogP contribution in [0, 0.1) is 22.0 Å². The normalized spacial score (nSPS) is 31.7. The fraction of sp³-hybridized carbons (Fsp3) is 0.455. The van der Waals surface area contributed by atoms with Gasteiger partial charge >= 0.3 is 0 Å². The smallest absolute Gasteiger partial charge is 0.269 e. The van der Waals surface area contributed by atoms with Crippen LogP contribution in [-0.4, -0.2) is 45.4 Å². The van der Waals surface area contributed by atoms with Crippen LogP contribution in [0.5, 0.6) is 5.75 Å². The maximum atomic E-state index is 12.9. The number of carbonyl (C=O) groups is 1. The van der Waals surface area contributed by atoms with Crippen LogP contribution in [0.3, 0.4) is 0 Å². The number of rotatable bonds is 5. The highest BCUT2D eigenvalue weighted by Crippen LogP contribution is 2.50. The minimum absolute atomic E-state index is 0.00144. The van der Waals surface area contributed by atoms with E-state index in [0.29, 0.717) is 17.2 Å². The van der Waals surface area contributed by atoms with Crippen LogP contribution in [0.4, 0.5) is 5.69 Å². The van der Waals surface area contributed by atoms with Crippen LogP contribution in [0.2, 0.25) is 0 Å². The zero-order chi connectivity index (χ0) is 20.9. The van der Waals surface area contributed by atoms with Gasteiger partial charge in [-0.25, -0.2) is 0 Å². The number of carbonyl (C=O) groups excluding carboxylic acids is 1. The molecule has 8 nitrogen and oxygen atoms in total. The number of amides is 1. The molecule has 4 aliphatic heterocycles. The Hall–Kier alpha value is -3.00. The molecule has 0 radical (unpaired) electrons. The molecule has 30 heavy (non-hydrogen) atoms. The third-order valence-electron chi connectivity index (χ3n) is 7.09. The largest absolute Gasteiger partial charge is 0.476 e. The Bertz CT molecular complexity index is 990. The number of hydrogen-bond donors (Lipinski definition) is 1. The number of pyridine rings is 1. The molecular weight excluding hydrogens is 384 g/mol. The first-order valence-electron chi connectivity index (χ1n) is 10.4. The monoisotopic (exact) mass is 408 g/mol. The van der Waals surface area contributed by atoms with Gasteiger partial charge in [0.2, 0.25) is 0 Å². The predicted molar refractivity (Wildman–Crippen MR) is 109 cm³/mol. The summed E-state index contributed by atoms with van der Waals surface area (Å²) in [6.07, 6.45) is 6.67. The van der Waals surface area contributed by atoms with E-state index < -0.39 is 16.4 Å². The second kappa shape index (κ2) is 7.05. The van der Waals surface area contributed by atoms with Gasteiger partial charge in [-0.05, 0) is 56.0 Å². The highest BCUT2D eigenvalue weighted by atomic mass is 16.6. The molecule has 2 aromatic rings. The Labute approximate surface area is 174 Å². The molecule has 2 bridgehead atoms. The van der Waals surface area contributed by atoms with E-state index in [4.69, 9.17) is 10.5 Å². The first-order chi connectivity index (χ1) is 14.5. The fourth-order valence-corrected chi connectivity index (χ4v) is 5.78. The van der Waals surface area contributed by atoms with Gasteiger partial charge in [0.25, 0.3) is 11.6 Å². The summed E-state index contributed by atoms with van der Waals surface area (Å²) in [5, 5.41) is 11.2. The molecule has 8 heteroatoms. The van der Waals surface area contributed by atoms with E-state index in [0.717, 1.165) is 37.9 Å². The highest BCUT2D eigenvalue weighted by Gasteiger charge is 2.59. The quantitative estimate of drug-likeness (QED) is 0.599. The van der Waals surface area contributed by atoms with E-state index in [9.17, 15) is 14.9 Å². The summed E-state index contributed by atoms with van der Waals surface area (Å²) < 4.78 is 6.31. The Morgan fingerprint density at radius 2 is 2.13 bits per heavy atom. The number of fused-ring (bicyclic) bond motifs is 4. The lowest BCUT2D eigenvalue weighted by atomic mass is 9.63. The molecule has 156 valence electrons. The standard InChI is InChI=1S/C22H24N4O4/c23-21(27)22(12-16-11-17(26(28)29)3-4-19(16)30-22)20-15-5-8-25(9-6-15)18(20)10-14-2-1-7-24-13-14/h1-4,7,11,13,15,18,20H,5-6,8-10,12H2,(H2,23,27). The lowest BCUT2D eigenvalue weighted by molar-refractivity contribution is -0.384. The third kappa shape index (κ3) is 2.94. The zero-order valence-electron chi connectivity index (χ0n) is 16.6. The van der Waals surface area contributed by atoms with Gasteiger partial charge < -0.3 is 10.5 Å². The number of benzene rings is 1. The third-order valence-corrected chi connectivity index (χ3v) is 7.09.